The fraction of sp³-hybridized carbons (Fsp3) is 0.0556. The second-order valence-electron chi connectivity index (χ2n) is 5.78. The molecule has 0 bridgehead atoms. The van der Waals surface area contributed by atoms with Gasteiger partial charge in [-0.05, 0) is 24.3 Å². The molecule has 3 aromatic rings. The van der Waals surface area contributed by atoms with Gasteiger partial charge in [0.1, 0.15) is 12.1 Å². The molecule has 0 aliphatic carbocycles. The van der Waals surface area contributed by atoms with Crippen molar-refractivity contribution >= 4 is 29.1 Å². The van der Waals surface area contributed by atoms with E-state index in [1.165, 1.54) is 31.6 Å². The van der Waals surface area contributed by atoms with Crippen molar-refractivity contribution in [3.05, 3.63) is 76.4 Å². The lowest BCUT2D eigenvalue weighted by molar-refractivity contribution is -0.383. The number of pyridine rings is 1. The molecule has 3 rings (SSSR count). The molecule has 4 N–H and O–H groups in total. The second kappa shape index (κ2) is 9.60. The Morgan fingerprint density at radius 3 is 2.29 bits per heavy atom. The highest BCUT2D eigenvalue weighted by Crippen LogP contribution is 2.28. The highest BCUT2D eigenvalue weighted by molar-refractivity contribution is 5.97. The molecule has 0 saturated heterocycles. The van der Waals surface area contributed by atoms with Crippen molar-refractivity contribution in [2.24, 2.45) is 0 Å². The van der Waals surface area contributed by atoms with Crippen molar-refractivity contribution in [1.82, 2.24) is 25.8 Å². The lowest BCUT2D eigenvalue weighted by Gasteiger charge is -2.12. The Balaban J connectivity index is 1.75. The molecule has 2 heterocycles. The number of nitrogens with one attached hydrogen (secondary N) is 4. The van der Waals surface area contributed by atoms with Crippen LogP contribution in [0.15, 0.2) is 55.1 Å². The minimum atomic E-state index is -0.768. The van der Waals surface area contributed by atoms with E-state index in [9.17, 15) is 19.7 Å². The first-order valence-corrected chi connectivity index (χ1v) is 8.66. The molecule has 0 aliphatic rings. The van der Waals surface area contributed by atoms with Crippen molar-refractivity contribution in [3.63, 3.8) is 0 Å². The Bertz CT molecular complexity index is 1110. The molecule has 2 amide bonds. The van der Waals surface area contributed by atoms with Gasteiger partial charge in [0.2, 0.25) is 11.6 Å². The van der Waals surface area contributed by atoms with Crippen LogP contribution in [0.3, 0.4) is 0 Å². The summed E-state index contributed by atoms with van der Waals surface area (Å²) in [5.74, 6) is -1.48. The SMILES string of the molecule is COc1ccccc1C(=O)NNc1ncnc(NNC(=O)c2cccnc2)c1[N+](=O)[O-]. The van der Waals surface area contributed by atoms with Gasteiger partial charge in [-0.15, -0.1) is 0 Å². The highest BCUT2D eigenvalue weighted by Gasteiger charge is 2.24. The van der Waals surface area contributed by atoms with Gasteiger partial charge in [0.15, 0.2) is 0 Å². The van der Waals surface area contributed by atoms with E-state index in [2.05, 4.69) is 36.7 Å². The number of amides is 2. The number of rotatable bonds is 8. The molecular formula is C18H16N8O5. The van der Waals surface area contributed by atoms with Gasteiger partial charge < -0.3 is 4.74 Å². The van der Waals surface area contributed by atoms with Crippen LogP contribution >= 0.6 is 0 Å². The Hall–Kier alpha value is -4.81. The van der Waals surface area contributed by atoms with Gasteiger partial charge >= 0.3 is 5.69 Å². The van der Waals surface area contributed by atoms with Crippen LogP contribution in [0.4, 0.5) is 17.3 Å². The Morgan fingerprint density at radius 2 is 1.68 bits per heavy atom. The number of para-hydroxylation sites is 1. The third kappa shape index (κ3) is 4.97. The molecule has 13 nitrogen and oxygen atoms in total. The summed E-state index contributed by atoms with van der Waals surface area (Å²) in [4.78, 5) is 46.7. The molecule has 0 aliphatic heterocycles. The average Bonchev–Trinajstić information content (AvgIpc) is 2.81. The maximum Gasteiger partial charge on any atom is 0.356 e. The number of methoxy groups -OCH3 is 1. The summed E-state index contributed by atoms with van der Waals surface area (Å²) < 4.78 is 5.11. The Kier molecular flexibility index (Phi) is 6.47. The van der Waals surface area contributed by atoms with E-state index in [1.54, 1.807) is 24.3 Å². The summed E-state index contributed by atoms with van der Waals surface area (Å²) >= 11 is 0. The number of hydrazine groups is 2. The van der Waals surface area contributed by atoms with Crippen LogP contribution in [0.25, 0.3) is 0 Å². The van der Waals surface area contributed by atoms with Gasteiger partial charge in [-0.3, -0.25) is 46.4 Å². The van der Waals surface area contributed by atoms with Crippen LogP contribution < -0.4 is 26.4 Å². The van der Waals surface area contributed by atoms with E-state index in [-0.39, 0.29) is 22.8 Å². The molecule has 31 heavy (non-hydrogen) atoms. The van der Waals surface area contributed by atoms with E-state index < -0.39 is 22.4 Å². The van der Waals surface area contributed by atoms with Crippen LogP contribution in [0.1, 0.15) is 20.7 Å². The first-order chi connectivity index (χ1) is 15.0. The quantitative estimate of drug-likeness (QED) is 0.305. The van der Waals surface area contributed by atoms with Gasteiger partial charge in [0, 0.05) is 12.4 Å². The summed E-state index contributed by atoms with van der Waals surface area (Å²) in [5.41, 5.74) is 9.21. The zero-order valence-electron chi connectivity index (χ0n) is 16.0. The number of carbonyl (C=O) groups is 2. The Labute approximate surface area is 175 Å². The van der Waals surface area contributed by atoms with Crippen LogP contribution in [-0.2, 0) is 0 Å². The number of anilines is 2. The van der Waals surface area contributed by atoms with E-state index >= 15 is 0 Å². The third-order valence-electron chi connectivity index (χ3n) is 3.87. The normalized spacial score (nSPS) is 9.97. The monoisotopic (exact) mass is 424 g/mol. The summed E-state index contributed by atoms with van der Waals surface area (Å²) in [6.45, 7) is 0. The maximum atomic E-state index is 12.4. The van der Waals surface area contributed by atoms with Crippen LogP contribution in [0, 0.1) is 10.1 Å². The molecule has 158 valence electrons. The van der Waals surface area contributed by atoms with Gasteiger partial charge in [-0.25, -0.2) is 9.97 Å². The molecule has 1 aromatic carbocycles. The van der Waals surface area contributed by atoms with Crippen molar-refractivity contribution in [2.75, 3.05) is 18.0 Å². The summed E-state index contributed by atoms with van der Waals surface area (Å²) in [5, 5.41) is 11.6. The van der Waals surface area contributed by atoms with Gasteiger partial charge in [-0.2, -0.15) is 0 Å². The van der Waals surface area contributed by atoms with E-state index in [0.717, 1.165) is 6.33 Å². The van der Waals surface area contributed by atoms with Gasteiger partial charge in [0.05, 0.1) is 23.2 Å². The van der Waals surface area contributed by atoms with Crippen LogP contribution in [0.2, 0.25) is 0 Å². The number of benzene rings is 1. The van der Waals surface area contributed by atoms with Crippen molar-refractivity contribution < 1.29 is 19.2 Å². The smallest absolute Gasteiger partial charge is 0.356 e. The molecule has 0 atom stereocenters. The maximum absolute atomic E-state index is 12.4. The fourth-order valence-corrected chi connectivity index (χ4v) is 2.44. The van der Waals surface area contributed by atoms with E-state index in [4.69, 9.17) is 4.74 Å². The number of carbonyl (C=O) groups excluding carboxylic acids is 2. The number of aromatic nitrogens is 3. The van der Waals surface area contributed by atoms with Crippen molar-refractivity contribution in [3.8, 4) is 5.75 Å². The molecule has 0 fully saturated rings. The summed E-state index contributed by atoms with van der Waals surface area (Å²) in [6.07, 6.45) is 3.84. The van der Waals surface area contributed by atoms with Crippen molar-refractivity contribution in [1.29, 1.82) is 0 Å². The minimum Gasteiger partial charge on any atom is -0.496 e. The summed E-state index contributed by atoms with van der Waals surface area (Å²) in [7, 11) is 1.41. The topological polar surface area (TPSA) is 173 Å². The number of hydrogen-bond donors (Lipinski definition) is 4. The van der Waals surface area contributed by atoms with E-state index in [0.29, 0.717) is 5.75 Å². The van der Waals surface area contributed by atoms with Crippen LogP contribution in [-0.4, -0.2) is 38.8 Å². The number of ether oxygens (including phenoxy) is 1. The predicted octanol–water partition coefficient (Wildman–Crippen LogP) is 1.30. The first-order valence-electron chi connectivity index (χ1n) is 8.66. The zero-order chi connectivity index (χ0) is 22.2. The average molecular weight is 424 g/mol. The largest absolute Gasteiger partial charge is 0.496 e. The van der Waals surface area contributed by atoms with Gasteiger partial charge in [-0.1, -0.05) is 12.1 Å². The molecule has 2 aromatic heterocycles. The lowest BCUT2D eigenvalue weighted by Crippen LogP contribution is -2.32. The fourth-order valence-electron chi connectivity index (χ4n) is 2.44. The second-order valence-corrected chi connectivity index (χ2v) is 5.78. The molecule has 0 spiro atoms. The number of hydrogen-bond acceptors (Lipinski definition) is 10. The third-order valence-corrected chi connectivity index (χ3v) is 3.87. The highest BCUT2D eigenvalue weighted by atomic mass is 16.6. The number of nitrogens with zero attached hydrogens (tertiary/aromatic N) is 4. The molecule has 0 saturated carbocycles. The van der Waals surface area contributed by atoms with Crippen molar-refractivity contribution in [2.45, 2.75) is 0 Å². The van der Waals surface area contributed by atoms with E-state index in [1.807, 2.05) is 0 Å². The standard InChI is InChI=1S/C18H16N8O5/c1-31-13-7-3-2-6-12(13)18(28)25-23-16-14(26(29)30)15(20-10-21-16)22-24-17(27)11-5-4-8-19-9-11/h2-10H,1H3,(H,24,27)(H,25,28)(H2,20,21,22,23). The first kappa shape index (κ1) is 20.9. The lowest BCUT2D eigenvalue weighted by atomic mass is 10.2. The molecule has 13 heteroatoms. The molecule has 0 radical (unpaired) electrons. The summed E-state index contributed by atoms with van der Waals surface area (Å²) in [6, 6.07) is 9.51. The Morgan fingerprint density at radius 1 is 1.00 bits per heavy atom. The molecular weight excluding hydrogens is 408 g/mol. The number of nitro groups is 1. The minimum absolute atomic E-state index is 0.205. The van der Waals surface area contributed by atoms with Crippen LogP contribution in [0.5, 0.6) is 5.75 Å². The van der Waals surface area contributed by atoms with Gasteiger partial charge in [0.25, 0.3) is 11.8 Å². The predicted molar refractivity (Wildman–Crippen MR) is 108 cm³/mol. The zero-order valence-corrected chi connectivity index (χ0v) is 16.0. The molecule has 0 unspecified atom stereocenters.